The fourth-order valence-electron chi connectivity index (χ4n) is 3.66. The van der Waals surface area contributed by atoms with Gasteiger partial charge < -0.3 is 4.74 Å². The van der Waals surface area contributed by atoms with Gasteiger partial charge in [-0.05, 0) is 29.5 Å². The van der Waals surface area contributed by atoms with Gasteiger partial charge in [0.2, 0.25) is 4.96 Å². The molecule has 0 atom stereocenters. The van der Waals surface area contributed by atoms with Crippen molar-refractivity contribution in [1.82, 2.24) is 14.6 Å². The van der Waals surface area contributed by atoms with Gasteiger partial charge in [0, 0.05) is 11.1 Å². The molecule has 5 nitrogen and oxygen atoms in total. The average molecular weight is 462 g/mol. The zero-order valence-corrected chi connectivity index (χ0v) is 20.6. The maximum absolute atomic E-state index is 13.0. The van der Waals surface area contributed by atoms with E-state index in [0.29, 0.717) is 21.9 Å². The highest BCUT2D eigenvalue weighted by Gasteiger charge is 2.16. The van der Waals surface area contributed by atoms with Gasteiger partial charge in [0.25, 0.3) is 5.56 Å². The molecule has 0 spiro atoms. The maximum Gasteiger partial charge on any atom is 0.291 e. The van der Waals surface area contributed by atoms with Gasteiger partial charge in [-0.25, -0.2) is 0 Å². The molecule has 0 fully saturated rings. The normalized spacial score (nSPS) is 12.5. The van der Waals surface area contributed by atoms with Crippen molar-refractivity contribution in [2.75, 3.05) is 6.61 Å². The molecule has 0 saturated heterocycles. The molecule has 4 rings (SSSR count). The lowest BCUT2D eigenvalue weighted by molar-refractivity contribution is 0.304. The van der Waals surface area contributed by atoms with Crippen LogP contribution in [0, 0.1) is 0 Å². The molecule has 6 heteroatoms. The van der Waals surface area contributed by atoms with Crippen molar-refractivity contribution in [3.8, 4) is 17.1 Å². The average Bonchev–Trinajstić information content (AvgIpc) is 3.33. The topological polar surface area (TPSA) is 56.5 Å². The van der Waals surface area contributed by atoms with Gasteiger partial charge in [0.15, 0.2) is 5.82 Å². The first kappa shape index (κ1) is 23.2. The Hall–Kier alpha value is -2.99. The molecule has 2 aromatic carbocycles. The molecule has 0 amide bonds. The molecule has 0 saturated carbocycles. The zero-order valence-electron chi connectivity index (χ0n) is 19.8. The van der Waals surface area contributed by atoms with Crippen molar-refractivity contribution in [2.45, 2.75) is 58.8 Å². The van der Waals surface area contributed by atoms with Crippen LogP contribution in [0.3, 0.4) is 0 Å². The van der Waals surface area contributed by atoms with Crippen molar-refractivity contribution in [1.29, 1.82) is 0 Å². The molecule has 0 radical (unpaired) electrons. The Labute approximate surface area is 198 Å². The molecule has 0 aliphatic rings. The number of para-hydroxylation sites is 1. The second-order valence-corrected chi connectivity index (χ2v) is 10.3. The van der Waals surface area contributed by atoms with Crippen molar-refractivity contribution >= 4 is 22.4 Å². The van der Waals surface area contributed by atoms with Crippen LogP contribution in [0.4, 0.5) is 0 Å². The highest BCUT2D eigenvalue weighted by Crippen LogP contribution is 2.25. The minimum Gasteiger partial charge on any atom is -0.493 e. The summed E-state index contributed by atoms with van der Waals surface area (Å²) >= 11 is 1.35. The summed E-state index contributed by atoms with van der Waals surface area (Å²) in [6.07, 6.45) is 6.51. The van der Waals surface area contributed by atoms with Gasteiger partial charge in [-0.3, -0.25) is 4.79 Å². The van der Waals surface area contributed by atoms with Gasteiger partial charge in [0.05, 0.1) is 11.1 Å². The van der Waals surface area contributed by atoms with Crippen molar-refractivity contribution in [3.63, 3.8) is 0 Å². The Bertz CT molecular complexity index is 1330. The molecule has 0 aliphatic heterocycles. The largest absolute Gasteiger partial charge is 0.493 e. The van der Waals surface area contributed by atoms with E-state index < -0.39 is 0 Å². The smallest absolute Gasteiger partial charge is 0.291 e. The third-order valence-electron chi connectivity index (χ3n) is 5.65. The first-order chi connectivity index (χ1) is 15.9. The van der Waals surface area contributed by atoms with Gasteiger partial charge >= 0.3 is 0 Å². The standard InChI is InChI=1S/C27H31N3O2S/c1-5-6-7-10-17-32-22-12-9-8-11-20(22)18-23-25(31)30-26(33-23)28-24(29-30)19-13-15-21(16-14-19)27(2,3)4/h8-9,11-16,18H,5-7,10,17H2,1-4H3/b23-18-. The number of aromatic nitrogens is 3. The molecular weight excluding hydrogens is 430 g/mol. The maximum atomic E-state index is 13.0. The second kappa shape index (κ2) is 9.87. The predicted molar refractivity (Wildman–Crippen MR) is 136 cm³/mol. The molecule has 2 aromatic heterocycles. The Morgan fingerprint density at radius 2 is 1.79 bits per heavy atom. The van der Waals surface area contributed by atoms with E-state index in [0.717, 1.165) is 23.3 Å². The minimum absolute atomic E-state index is 0.0863. The summed E-state index contributed by atoms with van der Waals surface area (Å²) in [5, 5.41) is 4.49. The molecule has 4 aromatic rings. The number of rotatable bonds is 8. The predicted octanol–water partition coefficient (Wildman–Crippen LogP) is 5.62. The summed E-state index contributed by atoms with van der Waals surface area (Å²) in [5.74, 6) is 1.37. The summed E-state index contributed by atoms with van der Waals surface area (Å²) in [5.41, 5.74) is 2.99. The van der Waals surface area contributed by atoms with Crippen molar-refractivity contribution < 1.29 is 4.74 Å². The number of benzene rings is 2. The summed E-state index contributed by atoms with van der Waals surface area (Å²) in [6, 6.07) is 16.1. The Balaban J connectivity index is 1.59. The first-order valence-corrected chi connectivity index (χ1v) is 12.4. The van der Waals surface area contributed by atoms with E-state index in [9.17, 15) is 4.79 Å². The highest BCUT2D eigenvalue weighted by molar-refractivity contribution is 7.15. The molecule has 172 valence electrons. The molecule has 0 N–H and O–H groups in total. The molecular formula is C27H31N3O2S. The summed E-state index contributed by atoms with van der Waals surface area (Å²) in [7, 11) is 0. The zero-order chi connectivity index (χ0) is 23.4. The van der Waals surface area contributed by atoms with E-state index in [2.05, 4.69) is 49.9 Å². The van der Waals surface area contributed by atoms with E-state index in [1.54, 1.807) is 0 Å². The third-order valence-corrected chi connectivity index (χ3v) is 6.61. The lowest BCUT2D eigenvalue weighted by Gasteiger charge is -2.18. The molecule has 33 heavy (non-hydrogen) atoms. The van der Waals surface area contributed by atoms with Crippen molar-refractivity contribution in [3.05, 3.63) is 74.5 Å². The molecule has 0 unspecified atom stereocenters. The Morgan fingerprint density at radius 3 is 2.48 bits per heavy atom. The Morgan fingerprint density at radius 1 is 1.03 bits per heavy atom. The number of ether oxygens (including phenoxy) is 1. The minimum atomic E-state index is -0.155. The highest BCUT2D eigenvalue weighted by atomic mass is 32.1. The van der Waals surface area contributed by atoms with Crippen LogP contribution in [-0.4, -0.2) is 21.2 Å². The van der Waals surface area contributed by atoms with E-state index in [1.807, 2.05) is 42.5 Å². The lowest BCUT2D eigenvalue weighted by atomic mass is 9.87. The van der Waals surface area contributed by atoms with Gasteiger partial charge in [-0.1, -0.05) is 101 Å². The van der Waals surface area contributed by atoms with Crippen LogP contribution in [0.1, 0.15) is 64.5 Å². The number of thiazole rings is 1. The van der Waals surface area contributed by atoms with Crippen LogP contribution in [0.2, 0.25) is 0 Å². The Kier molecular flexibility index (Phi) is 6.94. The summed E-state index contributed by atoms with van der Waals surface area (Å²) < 4.78 is 7.99. The van der Waals surface area contributed by atoms with E-state index in [1.165, 1.54) is 40.7 Å². The first-order valence-electron chi connectivity index (χ1n) is 11.6. The van der Waals surface area contributed by atoms with E-state index in [-0.39, 0.29) is 11.0 Å². The number of nitrogens with zero attached hydrogens (tertiary/aromatic N) is 3. The SMILES string of the molecule is CCCCCCOc1ccccc1/C=c1\sc2nc(-c3ccc(C(C)(C)C)cc3)nn2c1=O. The summed E-state index contributed by atoms with van der Waals surface area (Å²) in [4.78, 5) is 18.2. The van der Waals surface area contributed by atoms with Gasteiger partial charge in [-0.15, -0.1) is 5.10 Å². The molecule has 2 heterocycles. The van der Waals surface area contributed by atoms with Crippen LogP contribution < -0.4 is 14.8 Å². The quantitative estimate of drug-likeness (QED) is 0.320. The summed E-state index contributed by atoms with van der Waals surface area (Å²) in [6.45, 7) is 9.43. The monoisotopic (exact) mass is 461 g/mol. The second-order valence-electron chi connectivity index (χ2n) is 9.32. The van der Waals surface area contributed by atoms with Crippen molar-refractivity contribution in [2.24, 2.45) is 0 Å². The van der Waals surface area contributed by atoms with Crippen LogP contribution in [0.5, 0.6) is 5.75 Å². The van der Waals surface area contributed by atoms with Crippen LogP contribution >= 0.6 is 11.3 Å². The van der Waals surface area contributed by atoms with E-state index in [4.69, 9.17) is 4.74 Å². The van der Waals surface area contributed by atoms with E-state index >= 15 is 0 Å². The number of unbranched alkanes of at least 4 members (excludes halogenated alkanes) is 3. The van der Waals surface area contributed by atoms with Crippen LogP contribution in [0.25, 0.3) is 22.4 Å². The molecule has 0 bridgehead atoms. The molecule has 0 aliphatic carbocycles. The van der Waals surface area contributed by atoms with Gasteiger partial charge in [-0.2, -0.15) is 9.50 Å². The lowest BCUT2D eigenvalue weighted by Crippen LogP contribution is -2.23. The third kappa shape index (κ3) is 5.33. The van der Waals surface area contributed by atoms with Crippen LogP contribution in [0.15, 0.2) is 53.3 Å². The fraction of sp³-hybridized carbons (Fsp3) is 0.370. The number of hydrogen-bond acceptors (Lipinski definition) is 5. The number of hydrogen-bond donors (Lipinski definition) is 0. The number of fused-ring (bicyclic) bond motifs is 1. The van der Waals surface area contributed by atoms with Gasteiger partial charge in [0.1, 0.15) is 5.75 Å². The van der Waals surface area contributed by atoms with Crippen LogP contribution in [-0.2, 0) is 5.41 Å². The fourth-order valence-corrected chi connectivity index (χ4v) is 4.56.